The molecule has 0 saturated heterocycles. The summed E-state index contributed by atoms with van der Waals surface area (Å²) in [5.41, 5.74) is 1.25. The van der Waals surface area contributed by atoms with Gasteiger partial charge < -0.3 is 15.7 Å². The first kappa shape index (κ1) is 20.4. The van der Waals surface area contributed by atoms with Crippen molar-refractivity contribution in [2.45, 2.75) is 12.8 Å². The number of carbonyl (C=O) groups is 3. The number of carboxylic acid groups (broad SMARTS) is 1. The molecule has 0 aliphatic carbocycles. The number of halogens is 1. The van der Waals surface area contributed by atoms with Crippen LogP contribution in [0.3, 0.4) is 0 Å². The van der Waals surface area contributed by atoms with Crippen LogP contribution in [0.2, 0.25) is 0 Å². The topological polar surface area (TPSA) is 95.5 Å². The largest absolute Gasteiger partial charge is 0.481 e. The molecule has 2 aromatic carbocycles. The molecule has 0 atom stereocenters. The van der Waals surface area contributed by atoms with Gasteiger partial charge in [0.15, 0.2) is 0 Å². The fraction of sp³-hybridized carbons (Fsp3) is 0.150. The van der Waals surface area contributed by atoms with Crippen LogP contribution >= 0.6 is 15.9 Å². The molecule has 0 aliphatic rings. The highest BCUT2D eigenvalue weighted by Gasteiger charge is 2.14. The van der Waals surface area contributed by atoms with Crippen molar-refractivity contribution in [2.24, 2.45) is 0 Å². The molecule has 0 fully saturated rings. The first-order chi connectivity index (χ1) is 13.0. The van der Waals surface area contributed by atoms with Crippen LogP contribution in [0.15, 0.2) is 64.8 Å². The molecule has 0 radical (unpaired) electrons. The number of rotatable bonds is 8. The Morgan fingerprint density at radius 2 is 1.67 bits per heavy atom. The average molecular weight is 431 g/mol. The summed E-state index contributed by atoms with van der Waals surface area (Å²) in [6.45, 7) is 0.200. The van der Waals surface area contributed by atoms with E-state index >= 15 is 0 Å². The summed E-state index contributed by atoms with van der Waals surface area (Å²) in [7, 11) is 0. The number of carboxylic acids is 1. The van der Waals surface area contributed by atoms with Crippen LogP contribution < -0.4 is 10.6 Å². The number of aliphatic carboxylic acids is 1. The van der Waals surface area contributed by atoms with E-state index in [9.17, 15) is 14.4 Å². The molecule has 0 aromatic heterocycles. The molecule has 3 N–H and O–H groups in total. The summed E-state index contributed by atoms with van der Waals surface area (Å²) >= 11 is 3.31. The number of amides is 2. The van der Waals surface area contributed by atoms with Gasteiger partial charge in [-0.2, -0.15) is 0 Å². The lowest BCUT2D eigenvalue weighted by Gasteiger charge is -2.11. The van der Waals surface area contributed by atoms with Gasteiger partial charge in [-0.1, -0.05) is 46.3 Å². The smallest absolute Gasteiger partial charge is 0.303 e. The predicted molar refractivity (Wildman–Crippen MR) is 106 cm³/mol. The lowest BCUT2D eigenvalue weighted by atomic mass is 10.1. The van der Waals surface area contributed by atoms with Crippen LogP contribution in [0.5, 0.6) is 0 Å². The highest BCUT2D eigenvalue weighted by molar-refractivity contribution is 9.10. The zero-order valence-corrected chi connectivity index (χ0v) is 16.0. The van der Waals surface area contributed by atoms with E-state index in [1.165, 1.54) is 0 Å². The van der Waals surface area contributed by atoms with Crippen molar-refractivity contribution in [2.75, 3.05) is 6.54 Å². The fourth-order valence-electron chi connectivity index (χ4n) is 2.21. The highest BCUT2D eigenvalue weighted by Crippen LogP contribution is 2.11. The van der Waals surface area contributed by atoms with Gasteiger partial charge in [0.05, 0.1) is 0 Å². The van der Waals surface area contributed by atoms with Crippen molar-refractivity contribution in [3.8, 4) is 0 Å². The minimum Gasteiger partial charge on any atom is -0.481 e. The first-order valence-corrected chi connectivity index (χ1v) is 9.08. The van der Waals surface area contributed by atoms with E-state index in [1.807, 2.05) is 30.3 Å². The standard InChI is InChI=1S/C20H19BrN2O4/c21-16-10-8-15(9-11-16)19(26)23-17(13-14-5-2-1-3-6-14)20(27)22-12-4-7-18(24)25/h1-3,5-6,8-11,13H,4,7,12H2,(H,22,27)(H,23,26)(H,24,25)/b17-13-. The van der Waals surface area contributed by atoms with E-state index in [0.29, 0.717) is 12.0 Å². The van der Waals surface area contributed by atoms with E-state index in [4.69, 9.17) is 5.11 Å². The summed E-state index contributed by atoms with van der Waals surface area (Å²) in [6.07, 6.45) is 1.84. The Hall–Kier alpha value is -2.93. The maximum atomic E-state index is 12.5. The highest BCUT2D eigenvalue weighted by atomic mass is 79.9. The Kier molecular flexibility index (Phi) is 7.76. The number of carbonyl (C=O) groups excluding carboxylic acids is 2. The van der Waals surface area contributed by atoms with Gasteiger partial charge in [-0.05, 0) is 42.3 Å². The molecule has 0 aliphatic heterocycles. The van der Waals surface area contributed by atoms with E-state index in [1.54, 1.807) is 30.3 Å². The Balaban J connectivity index is 2.13. The van der Waals surface area contributed by atoms with Crippen LogP contribution in [-0.4, -0.2) is 29.4 Å². The number of hydrogen-bond donors (Lipinski definition) is 3. The molecule has 0 saturated carbocycles. The number of benzene rings is 2. The molecule has 140 valence electrons. The van der Waals surface area contributed by atoms with E-state index < -0.39 is 17.8 Å². The minimum atomic E-state index is -0.923. The summed E-state index contributed by atoms with van der Waals surface area (Å²) in [6, 6.07) is 15.9. The van der Waals surface area contributed by atoms with Crippen LogP contribution in [0.4, 0.5) is 0 Å². The maximum Gasteiger partial charge on any atom is 0.303 e. The Labute approximate surface area is 165 Å². The summed E-state index contributed by atoms with van der Waals surface area (Å²) in [5, 5.41) is 13.9. The van der Waals surface area contributed by atoms with Gasteiger partial charge >= 0.3 is 5.97 Å². The summed E-state index contributed by atoms with van der Waals surface area (Å²) in [5.74, 6) is -1.81. The predicted octanol–water partition coefficient (Wildman–Crippen LogP) is 3.20. The van der Waals surface area contributed by atoms with Gasteiger partial charge in [0, 0.05) is 23.0 Å². The van der Waals surface area contributed by atoms with Crippen molar-refractivity contribution >= 4 is 39.8 Å². The Morgan fingerprint density at radius 1 is 1.00 bits per heavy atom. The van der Waals surface area contributed by atoms with Gasteiger partial charge in [-0.15, -0.1) is 0 Å². The van der Waals surface area contributed by atoms with Crippen molar-refractivity contribution in [3.63, 3.8) is 0 Å². The zero-order valence-electron chi connectivity index (χ0n) is 14.4. The second-order valence-corrected chi connectivity index (χ2v) is 6.60. The molecule has 0 bridgehead atoms. The maximum absolute atomic E-state index is 12.5. The van der Waals surface area contributed by atoms with Crippen molar-refractivity contribution in [3.05, 3.63) is 75.9 Å². The molecule has 2 amide bonds. The second kappa shape index (κ2) is 10.3. The van der Waals surface area contributed by atoms with E-state index in [-0.39, 0.29) is 18.7 Å². The molecular weight excluding hydrogens is 412 g/mol. The first-order valence-electron chi connectivity index (χ1n) is 8.29. The van der Waals surface area contributed by atoms with Crippen LogP contribution in [-0.2, 0) is 9.59 Å². The molecular formula is C20H19BrN2O4. The molecule has 2 aromatic rings. The second-order valence-electron chi connectivity index (χ2n) is 5.68. The molecule has 0 heterocycles. The van der Waals surface area contributed by atoms with Crippen LogP contribution in [0.25, 0.3) is 6.08 Å². The third-order valence-electron chi connectivity index (χ3n) is 3.56. The average Bonchev–Trinajstić information content (AvgIpc) is 2.65. The molecule has 27 heavy (non-hydrogen) atoms. The summed E-state index contributed by atoms with van der Waals surface area (Å²) in [4.78, 5) is 35.5. The summed E-state index contributed by atoms with van der Waals surface area (Å²) < 4.78 is 0.843. The lowest BCUT2D eigenvalue weighted by Crippen LogP contribution is -2.35. The Morgan fingerprint density at radius 3 is 2.30 bits per heavy atom. The third-order valence-corrected chi connectivity index (χ3v) is 4.09. The fourth-order valence-corrected chi connectivity index (χ4v) is 2.47. The SMILES string of the molecule is O=C(O)CCCNC(=O)/C(=C/c1ccccc1)NC(=O)c1ccc(Br)cc1. The van der Waals surface area contributed by atoms with Gasteiger partial charge in [0.1, 0.15) is 5.70 Å². The van der Waals surface area contributed by atoms with Crippen LogP contribution in [0.1, 0.15) is 28.8 Å². The number of hydrogen-bond acceptors (Lipinski definition) is 3. The van der Waals surface area contributed by atoms with Crippen LogP contribution in [0, 0.1) is 0 Å². The lowest BCUT2D eigenvalue weighted by molar-refractivity contribution is -0.137. The van der Waals surface area contributed by atoms with Gasteiger partial charge in [-0.3, -0.25) is 14.4 Å². The molecule has 2 rings (SSSR count). The molecule has 0 unspecified atom stereocenters. The van der Waals surface area contributed by atoms with Crippen molar-refractivity contribution in [1.29, 1.82) is 0 Å². The minimum absolute atomic E-state index is 0.0384. The van der Waals surface area contributed by atoms with Gasteiger partial charge in [0.25, 0.3) is 11.8 Å². The Bertz CT molecular complexity index is 833. The molecule has 6 nitrogen and oxygen atoms in total. The third kappa shape index (κ3) is 7.07. The normalized spacial score (nSPS) is 10.9. The van der Waals surface area contributed by atoms with Crippen molar-refractivity contribution < 1.29 is 19.5 Å². The molecule has 7 heteroatoms. The number of nitrogens with one attached hydrogen (secondary N) is 2. The van der Waals surface area contributed by atoms with Gasteiger partial charge in [-0.25, -0.2) is 0 Å². The van der Waals surface area contributed by atoms with E-state index in [0.717, 1.165) is 10.0 Å². The van der Waals surface area contributed by atoms with E-state index in [2.05, 4.69) is 26.6 Å². The molecule has 0 spiro atoms. The van der Waals surface area contributed by atoms with Gasteiger partial charge in [0.2, 0.25) is 0 Å². The zero-order chi connectivity index (χ0) is 19.6. The quantitative estimate of drug-likeness (QED) is 0.442. The monoisotopic (exact) mass is 430 g/mol. The van der Waals surface area contributed by atoms with Crippen molar-refractivity contribution in [1.82, 2.24) is 10.6 Å².